The van der Waals surface area contributed by atoms with Crippen molar-refractivity contribution in [2.45, 2.75) is 73.1 Å². The first-order valence-corrected chi connectivity index (χ1v) is 9.24. The molecule has 0 nitrogen and oxygen atoms in total. The molecule has 0 amide bonds. The minimum absolute atomic E-state index is 0.149. The van der Waals surface area contributed by atoms with Gasteiger partial charge in [0, 0.05) is 0 Å². The van der Waals surface area contributed by atoms with Crippen LogP contribution < -0.4 is 10.4 Å². The first-order valence-electron chi connectivity index (χ1n) is 9.24. The van der Waals surface area contributed by atoms with Crippen LogP contribution in [-0.4, -0.2) is 0 Å². The lowest BCUT2D eigenvalue weighted by atomic mass is 9.83. The average molecular weight is 335 g/mol. The van der Waals surface area contributed by atoms with E-state index in [0.717, 1.165) is 5.22 Å². The fourth-order valence-corrected chi connectivity index (χ4v) is 3.29. The van der Waals surface area contributed by atoms with Gasteiger partial charge in [-0.15, -0.1) is 0 Å². The van der Waals surface area contributed by atoms with Crippen LogP contribution in [0.1, 0.15) is 74.9 Å². The van der Waals surface area contributed by atoms with Gasteiger partial charge in [0.05, 0.1) is 0 Å². The highest BCUT2D eigenvalue weighted by molar-refractivity contribution is 5.60. The lowest BCUT2D eigenvalue weighted by Crippen LogP contribution is -2.29. The van der Waals surface area contributed by atoms with Gasteiger partial charge in [-0.05, 0) is 81.5 Å². The minimum atomic E-state index is 0.149. The highest BCUT2D eigenvalue weighted by Crippen LogP contribution is 2.27. The highest BCUT2D eigenvalue weighted by atomic mass is 14.2. The SMILES string of the molecule is C=c1cc(C(C)(C)C)cc(C)/c1=C/c1c(C)cc(C(C)(C)C)cc1C. The van der Waals surface area contributed by atoms with E-state index in [1.165, 1.54) is 38.6 Å². The van der Waals surface area contributed by atoms with Gasteiger partial charge in [-0.1, -0.05) is 72.4 Å². The van der Waals surface area contributed by atoms with E-state index < -0.39 is 0 Å². The van der Waals surface area contributed by atoms with Crippen molar-refractivity contribution in [3.8, 4) is 0 Å². The monoisotopic (exact) mass is 334 g/mol. The molecular weight excluding hydrogens is 300 g/mol. The third kappa shape index (κ3) is 4.24. The van der Waals surface area contributed by atoms with Crippen molar-refractivity contribution < 1.29 is 0 Å². The van der Waals surface area contributed by atoms with Crippen molar-refractivity contribution in [1.29, 1.82) is 0 Å². The summed E-state index contributed by atoms with van der Waals surface area (Å²) >= 11 is 0. The summed E-state index contributed by atoms with van der Waals surface area (Å²) in [5.41, 5.74) is 8.37. The molecule has 0 atom stereocenters. The molecule has 134 valence electrons. The van der Waals surface area contributed by atoms with Gasteiger partial charge in [-0.3, -0.25) is 0 Å². The van der Waals surface area contributed by atoms with E-state index in [0.29, 0.717) is 0 Å². The summed E-state index contributed by atoms with van der Waals surface area (Å²) in [5, 5.41) is 2.37. The van der Waals surface area contributed by atoms with E-state index in [-0.39, 0.29) is 10.8 Å². The highest BCUT2D eigenvalue weighted by Gasteiger charge is 2.16. The Morgan fingerprint density at radius 3 is 1.48 bits per heavy atom. The second-order valence-electron chi connectivity index (χ2n) is 9.53. The van der Waals surface area contributed by atoms with E-state index in [2.05, 4.69) is 99.2 Å². The molecule has 0 spiro atoms. The summed E-state index contributed by atoms with van der Waals surface area (Å²) in [7, 11) is 0. The zero-order valence-corrected chi connectivity index (χ0v) is 17.6. The van der Waals surface area contributed by atoms with Gasteiger partial charge in [0.1, 0.15) is 0 Å². The maximum atomic E-state index is 4.34. The molecular formula is C25H34. The summed E-state index contributed by atoms with van der Waals surface area (Å²) in [4.78, 5) is 0. The average Bonchev–Trinajstić information content (AvgIpc) is 2.42. The molecule has 2 aromatic carbocycles. The van der Waals surface area contributed by atoms with Crippen molar-refractivity contribution in [3.05, 3.63) is 68.1 Å². The van der Waals surface area contributed by atoms with Gasteiger partial charge < -0.3 is 0 Å². The molecule has 0 unspecified atom stereocenters. The Labute approximate surface area is 154 Å². The number of aryl methyl sites for hydroxylation is 3. The molecule has 0 saturated carbocycles. The third-order valence-electron chi connectivity index (χ3n) is 5.09. The summed E-state index contributed by atoms with van der Waals surface area (Å²) in [6.07, 6.45) is 2.32. The van der Waals surface area contributed by atoms with Crippen molar-refractivity contribution in [1.82, 2.24) is 0 Å². The maximum absolute atomic E-state index is 4.34. The normalized spacial score (nSPS) is 13.4. The van der Waals surface area contributed by atoms with E-state index >= 15 is 0 Å². The molecule has 0 aromatic heterocycles. The molecule has 25 heavy (non-hydrogen) atoms. The van der Waals surface area contributed by atoms with Crippen LogP contribution in [0.3, 0.4) is 0 Å². The molecule has 0 fully saturated rings. The van der Waals surface area contributed by atoms with Crippen LogP contribution in [0.25, 0.3) is 12.7 Å². The molecule has 0 aliphatic heterocycles. The van der Waals surface area contributed by atoms with Gasteiger partial charge >= 0.3 is 0 Å². The number of benzene rings is 2. The first-order chi connectivity index (χ1) is 11.3. The minimum Gasteiger partial charge on any atom is -0.0911 e. The van der Waals surface area contributed by atoms with Crippen molar-refractivity contribution in [3.63, 3.8) is 0 Å². The second kappa shape index (κ2) is 6.48. The summed E-state index contributed by atoms with van der Waals surface area (Å²) < 4.78 is 0. The van der Waals surface area contributed by atoms with Gasteiger partial charge in [-0.25, -0.2) is 0 Å². The maximum Gasteiger partial charge on any atom is -0.0132 e. The van der Waals surface area contributed by atoms with Gasteiger partial charge in [0.25, 0.3) is 0 Å². The molecule has 0 radical (unpaired) electrons. The largest absolute Gasteiger partial charge is 0.0911 e. The lowest BCUT2D eigenvalue weighted by molar-refractivity contribution is 0.589. The Bertz CT molecular complexity index is 874. The Balaban J connectivity index is 2.69. The summed E-state index contributed by atoms with van der Waals surface area (Å²) in [6, 6.07) is 9.22. The molecule has 0 N–H and O–H groups in total. The van der Waals surface area contributed by atoms with Gasteiger partial charge in [0.15, 0.2) is 0 Å². The van der Waals surface area contributed by atoms with Crippen molar-refractivity contribution >= 4 is 12.7 Å². The number of rotatable bonds is 1. The van der Waals surface area contributed by atoms with Crippen LogP contribution in [0.2, 0.25) is 0 Å². The topological polar surface area (TPSA) is 0 Å². The van der Waals surface area contributed by atoms with Crippen LogP contribution in [0.4, 0.5) is 0 Å². The summed E-state index contributed by atoms with van der Waals surface area (Å²) in [5.74, 6) is 0. The van der Waals surface area contributed by atoms with E-state index in [9.17, 15) is 0 Å². The molecule has 0 aliphatic rings. The fourth-order valence-electron chi connectivity index (χ4n) is 3.29. The number of hydrogen-bond acceptors (Lipinski definition) is 0. The summed E-state index contributed by atoms with van der Waals surface area (Å²) in [6.45, 7) is 24.5. The molecule has 0 heteroatoms. The Kier molecular flexibility index (Phi) is 5.06. The van der Waals surface area contributed by atoms with E-state index in [4.69, 9.17) is 0 Å². The predicted octanol–water partition coefficient (Wildman–Crippen LogP) is 5.45. The fraction of sp³-hybridized carbons (Fsp3) is 0.440. The Hall–Kier alpha value is -1.82. The van der Waals surface area contributed by atoms with Gasteiger partial charge in [-0.2, -0.15) is 0 Å². The predicted molar refractivity (Wildman–Crippen MR) is 113 cm³/mol. The lowest BCUT2D eigenvalue weighted by Gasteiger charge is -2.22. The molecule has 0 aliphatic carbocycles. The van der Waals surface area contributed by atoms with Crippen molar-refractivity contribution in [2.75, 3.05) is 0 Å². The molecule has 2 aromatic rings. The van der Waals surface area contributed by atoms with Crippen LogP contribution in [-0.2, 0) is 10.8 Å². The smallest absolute Gasteiger partial charge is 0.0132 e. The van der Waals surface area contributed by atoms with E-state index in [1.807, 2.05) is 0 Å². The first kappa shape index (κ1) is 19.5. The zero-order chi connectivity index (χ0) is 19.2. The van der Waals surface area contributed by atoms with Crippen LogP contribution >= 0.6 is 0 Å². The second-order valence-corrected chi connectivity index (χ2v) is 9.53. The molecule has 0 heterocycles. The van der Waals surface area contributed by atoms with Crippen LogP contribution in [0.5, 0.6) is 0 Å². The van der Waals surface area contributed by atoms with Gasteiger partial charge in [0.2, 0.25) is 0 Å². The van der Waals surface area contributed by atoms with Crippen LogP contribution in [0.15, 0.2) is 24.3 Å². The number of hydrogen-bond donors (Lipinski definition) is 0. The Morgan fingerprint density at radius 1 is 0.680 bits per heavy atom. The third-order valence-corrected chi connectivity index (χ3v) is 5.09. The zero-order valence-electron chi connectivity index (χ0n) is 17.6. The molecule has 2 rings (SSSR count). The molecule has 0 saturated heterocycles. The van der Waals surface area contributed by atoms with E-state index in [1.54, 1.807) is 0 Å². The van der Waals surface area contributed by atoms with Crippen LogP contribution in [0, 0.1) is 20.8 Å². The molecule has 0 bridgehead atoms. The standard InChI is InChI=1S/C25H34/c1-16-11-20(24(5,6)7)12-17(2)22(16)15-23-18(3)13-21(14-19(23)4)25(8,9)10/h11-15H,1H2,2-10H3/b22-15+. The Morgan fingerprint density at radius 2 is 1.08 bits per heavy atom. The quantitative estimate of drug-likeness (QED) is 0.651. The van der Waals surface area contributed by atoms with Crippen molar-refractivity contribution in [2.24, 2.45) is 0 Å².